The quantitative estimate of drug-likeness (QED) is 0.909. The molecule has 1 unspecified atom stereocenters. The van der Waals surface area contributed by atoms with Gasteiger partial charge >= 0.3 is 0 Å². The zero-order chi connectivity index (χ0) is 13.2. The van der Waals surface area contributed by atoms with Gasteiger partial charge < -0.3 is 9.84 Å². The predicted octanol–water partition coefficient (Wildman–Crippen LogP) is 2.33. The van der Waals surface area contributed by atoms with E-state index in [4.69, 9.17) is 16.1 Å². The molecule has 0 bridgehead atoms. The highest BCUT2D eigenvalue weighted by molar-refractivity contribution is 6.30. The number of nitrogens with zero attached hydrogens (tertiary/aromatic N) is 3. The largest absolute Gasteiger partial charge is 0.339 e. The second-order valence-electron chi connectivity index (χ2n) is 4.81. The standard InChI is InChI=1S/C13H15ClN4O/c1-15-11(8-2-3-8)6-12-17-13(18-19-12)10-5-4-9(14)7-16-10/h4-5,7-8,11,15H,2-3,6H2,1H3. The average Bonchev–Trinajstić information content (AvgIpc) is 3.16. The van der Waals surface area contributed by atoms with E-state index in [0.29, 0.717) is 28.5 Å². The number of halogens is 1. The summed E-state index contributed by atoms with van der Waals surface area (Å²) in [6.45, 7) is 0. The number of aromatic nitrogens is 3. The molecule has 0 aromatic carbocycles. The molecular weight excluding hydrogens is 264 g/mol. The van der Waals surface area contributed by atoms with Crippen LogP contribution in [0.25, 0.3) is 11.5 Å². The molecule has 100 valence electrons. The van der Waals surface area contributed by atoms with Crippen molar-refractivity contribution < 1.29 is 4.52 Å². The van der Waals surface area contributed by atoms with Gasteiger partial charge in [0.05, 0.1) is 5.02 Å². The Bertz CT molecular complexity index is 550. The fraction of sp³-hybridized carbons (Fsp3) is 0.462. The van der Waals surface area contributed by atoms with Crippen molar-refractivity contribution in [1.29, 1.82) is 0 Å². The zero-order valence-corrected chi connectivity index (χ0v) is 11.4. The van der Waals surface area contributed by atoms with E-state index in [-0.39, 0.29) is 0 Å². The van der Waals surface area contributed by atoms with E-state index in [1.807, 2.05) is 7.05 Å². The first-order chi connectivity index (χ1) is 9.26. The first-order valence-corrected chi connectivity index (χ1v) is 6.76. The van der Waals surface area contributed by atoms with Gasteiger partial charge in [-0.05, 0) is 37.9 Å². The first-order valence-electron chi connectivity index (χ1n) is 6.38. The summed E-state index contributed by atoms with van der Waals surface area (Å²) in [4.78, 5) is 8.56. The van der Waals surface area contributed by atoms with Crippen LogP contribution in [0.5, 0.6) is 0 Å². The monoisotopic (exact) mass is 278 g/mol. The Morgan fingerprint density at radius 1 is 1.47 bits per heavy atom. The average molecular weight is 279 g/mol. The van der Waals surface area contributed by atoms with Gasteiger partial charge in [-0.2, -0.15) is 4.98 Å². The van der Waals surface area contributed by atoms with Gasteiger partial charge in [0, 0.05) is 18.7 Å². The number of hydrogen-bond acceptors (Lipinski definition) is 5. The van der Waals surface area contributed by atoms with E-state index in [9.17, 15) is 0 Å². The second kappa shape index (κ2) is 5.27. The summed E-state index contributed by atoms with van der Waals surface area (Å²) in [5.74, 6) is 1.91. The fourth-order valence-electron chi connectivity index (χ4n) is 2.14. The van der Waals surface area contributed by atoms with Gasteiger partial charge in [-0.15, -0.1) is 0 Å². The molecule has 1 N–H and O–H groups in total. The molecule has 0 amide bonds. The number of pyridine rings is 1. The van der Waals surface area contributed by atoms with Crippen molar-refractivity contribution in [2.75, 3.05) is 7.05 Å². The van der Waals surface area contributed by atoms with Crippen LogP contribution in [-0.2, 0) is 6.42 Å². The summed E-state index contributed by atoms with van der Waals surface area (Å²) in [5.41, 5.74) is 0.673. The van der Waals surface area contributed by atoms with Crippen molar-refractivity contribution in [3.05, 3.63) is 29.2 Å². The van der Waals surface area contributed by atoms with Crippen LogP contribution in [0.1, 0.15) is 18.7 Å². The third-order valence-corrected chi connectivity index (χ3v) is 3.60. The Balaban J connectivity index is 1.73. The summed E-state index contributed by atoms with van der Waals surface area (Å²) in [6.07, 6.45) is 4.91. The maximum absolute atomic E-state index is 5.80. The van der Waals surface area contributed by atoms with Gasteiger partial charge in [0.2, 0.25) is 11.7 Å². The molecule has 0 spiro atoms. The lowest BCUT2D eigenvalue weighted by molar-refractivity contribution is 0.352. The van der Waals surface area contributed by atoms with Gasteiger partial charge in [0.25, 0.3) is 0 Å². The molecule has 1 fully saturated rings. The Hall–Kier alpha value is -1.46. The lowest BCUT2D eigenvalue weighted by atomic mass is 10.1. The highest BCUT2D eigenvalue weighted by Gasteiger charge is 2.31. The molecule has 5 nitrogen and oxygen atoms in total. The molecule has 1 atom stereocenters. The summed E-state index contributed by atoms with van der Waals surface area (Å²) in [6, 6.07) is 3.97. The molecular formula is C13H15ClN4O. The highest BCUT2D eigenvalue weighted by atomic mass is 35.5. The predicted molar refractivity (Wildman–Crippen MR) is 71.8 cm³/mol. The molecule has 2 aromatic heterocycles. The van der Waals surface area contributed by atoms with E-state index in [1.54, 1.807) is 18.3 Å². The van der Waals surface area contributed by atoms with Crippen LogP contribution in [0.2, 0.25) is 5.02 Å². The fourth-order valence-corrected chi connectivity index (χ4v) is 2.25. The molecule has 2 heterocycles. The normalized spacial score (nSPS) is 16.5. The molecule has 1 saturated carbocycles. The van der Waals surface area contributed by atoms with Crippen molar-refractivity contribution in [1.82, 2.24) is 20.4 Å². The van der Waals surface area contributed by atoms with E-state index < -0.39 is 0 Å². The lowest BCUT2D eigenvalue weighted by Crippen LogP contribution is -2.29. The van der Waals surface area contributed by atoms with Crippen LogP contribution in [0.4, 0.5) is 0 Å². The molecule has 1 aliphatic rings. The molecule has 0 radical (unpaired) electrons. The number of likely N-dealkylation sites (N-methyl/N-ethyl adjacent to an activating group) is 1. The van der Waals surface area contributed by atoms with Gasteiger partial charge in [-0.1, -0.05) is 16.8 Å². The zero-order valence-electron chi connectivity index (χ0n) is 10.6. The van der Waals surface area contributed by atoms with Crippen molar-refractivity contribution in [3.8, 4) is 11.5 Å². The minimum Gasteiger partial charge on any atom is -0.339 e. The number of hydrogen-bond donors (Lipinski definition) is 1. The summed E-state index contributed by atoms with van der Waals surface area (Å²) < 4.78 is 5.29. The van der Waals surface area contributed by atoms with Gasteiger partial charge in [0.1, 0.15) is 5.69 Å². The van der Waals surface area contributed by atoms with E-state index in [1.165, 1.54) is 12.8 Å². The van der Waals surface area contributed by atoms with Gasteiger partial charge in [0.15, 0.2) is 0 Å². The van der Waals surface area contributed by atoms with E-state index in [2.05, 4.69) is 20.4 Å². The lowest BCUT2D eigenvalue weighted by Gasteiger charge is -2.11. The first kappa shape index (κ1) is 12.6. The minimum absolute atomic E-state index is 0.423. The highest BCUT2D eigenvalue weighted by Crippen LogP contribution is 2.33. The van der Waals surface area contributed by atoms with Crippen LogP contribution in [0.15, 0.2) is 22.9 Å². The maximum atomic E-state index is 5.80. The summed E-state index contributed by atoms with van der Waals surface area (Å²) in [5, 5.41) is 7.87. The molecule has 2 aromatic rings. The van der Waals surface area contributed by atoms with Crippen molar-refractivity contribution in [2.45, 2.75) is 25.3 Å². The maximum Gasteiger partial charge on any atom is 0.228 e. The Labute approximate surface area is 116 Å². The van der Waals surface area contributed by atoms with Gasteiger partial charge in [-0.3, -0.25) is 4.98 Å². The molecule has 6 heteroatoms. The SMILES string of the molecule is CNC(Cc1nc(-c2ccc(Cl)cn2)no1)C1CC1. The summed E-state index contributed by atoms with van der Waals surface area (Å²) in [7, 11) is 1.97. The third-order valence-electron chi connectivity index (χ3n) is 3.38. The molecule has 1 aliphatic carbocycles. The van der Waals surface area contributed by atoms with E-state index >= 15 is 0 Å². The Kier molecular flexibility index (Phi) is 3.48. The van der Waals surface area contributed by atoms with Crippen molar-refractivity contribution in [2.24, 2.45) is 5.92 Å². The van der Waals surface area contributed by atoms with E-state index in [0.717, 1.165) is 12.3 Å². The molecule has 0 aliphatic heterocycles. The van der Waals surface area contributed by atoms with Gasteiger partial charge in [-0.25, -0.2) is 0 Å². The topological polar surface area (TPSA) is 63.8 Å². The smallest absolute Gasteiger partial charge is 0.228 e. The number of rotatable bonds is 5. The van der Waals surface area contributed by atoms with Crippen LogP contribution in [-0.4, -0.2) is 28.2 Å². The molecule has 19 heavy (non-hydrogen) atoms. The third kappa shape index (κ3) is 2.93. The molecule has 0 saturated heterocycles. The van der Waals surface area contributed by atoms with Crippen molar-refractivity contribution in [3.63, 3.8) is 0 Å². The number of nitrogens with one attached hydrogen (secondary N) is 1. The molecule has 3 rings (SSSR count). The van der Waals surface area contributed by atoms with Crippen molar-refractivity contribution >= 4 is 11.6 Å². The van der Waals surface area contributed by atoms with Crippen LogP contribution >= 0.6 is 11.6 Å². The Morgan fingerprint density at radius 3 is 2.95 bits per heavy atom. The second-order valence-corrected chi connectivity index (χ2v) is 5.25. The van der Waals surface area contributed by atoms with Crippen LogP contribution in [0, 0.1) is 5.92 Å². The summed E-state index contributed by atoms with van der Waals surface area (Å²) >= 11 is 5.80. The Morgan fingerprint density at radius 2 is 2.32 bits per heavy atom. The minimum atomic E-state index is 0.423. The van der Waals surface area contributed by atoms with Crippen LogP contribution < -0.4 is 5.32 Å². The van der Waals surface area contributed by atoms with Crippen LogP contribution in [0.3, 0.4) is 0 Å².